The lowest BCUT2D eigenvalue weighted by molar-refractivity contribution is 0.134. The number of aromatic nitrogens is 3. The van der Waals surface area contributed by atoms with Crippen LogP contribution in [0.4, 0.5) is 11.6 Å². The number of allylic oxidation sites excluding steroid dienone is 4. The Kier molecular flexibility index (Phi) is 8.56. The molecule has 1 N–H and O–H groups in total. The molecule has 0 radical (unpaired) electrons. The summed E-state index contributed by atoms with van der Waals surface area (Å²) < 4.78 is 5.94. The smallest absolute Gasteiger partial charge is 0.247 e. The summed E-state index contributed by atoms with van der Waals surface area (Å²) in [5, 5.41) is 12.7. The third-order valence-electron chi connectivity index (χ3n) is 6.59. The van der Waals surface area contributed by atoms with Crippen LogP contribution in [0.1, 0.15) is 31.9 Å². The molecule has 190 valence electrons. The monoisotopic (exact) mass is 506 g/mol. The van der Waals surface area contributed by atoms with E-state index in [1.807, 2.05) is 51.1 Å². The molecule has 4 rings (SSSR count). The summed E-state index contributed by atoms with van der Waals surface area (Å²) in [6, 6.07) is 12.0. The molecule has 1 aliphatic rings. The van der Waals surface area contributed by atoms with Gasteiger partial charge in [0.2, 0.25) is 5.95 Å². The number of hydrogen-bond donors (Lipinski definition) is 1. The van der Waals surface area contributed by atoms with Crippen LogP contribution in [0, 0.1) is 6.92 Å². The summed E-state index contributed by atoms with van der Waals surface area (Å²) in [5.41, 5.74) is 6.59. The highest BCUT2D eigenvalue weighted by atomic mass is 35.5. The van der Waals surface area contributed by atoms with Gasteiger partial charge in [0, 0.05) is 43.4 Å². The second kappa shape index (κ2) is 11.8. The van der Waals surface area contributed by atoms with E-state index in [0.29, 0.717) is 12.6 Å². The van der Waals surface area contributed by atoms with Crippen molar-refractivity contribution in [2.24, 2.45) is 0 Å². The van der Waals surface area contributed by atoms with Crippen LogP contribution in [0.25, 0.3) is 16.6 Å². The maximum Gasteiger partial charge on any atom is 0.247 e. The summed E-state index contributed by atoms with van der Waals surface area (Å²) in [6.45, 7) is 14.1. The first-order valence-electron chi connectivity index (χ1n) is 12.4. The van der Waals surface area contributed by atoms with E-state index in [9.17, 15) is 0 Å². The average molecular weight is 507 g/mol. The Bertz CT molecular complexity index is 1260. The standard InChI is InChI=1S/C28H35ClN6O/c1-6-19(2)26(21(4)29)22-17-20(3)27-25(18-22)32-33-28(31-27)30-23-7-9-24(10-8-23)36-16-15-35-13-11-34(5)12-14-35/h6-10,17-18H,11-16H2,1-5H3,(H,30,31,33)/b19-6-,26-21-. The second-order valence-electron chi connectivity index (χ2n) is 9.32. The Morgan fingerprint density at radius 3 is 2.47 bits per heavy atom. The third kappa shape index (κ3) is 6.40. The Hall–Kier alpha value is -3.00. The summed E-state index contributed by atoms with van der Waals surface area (Å²) in [4.78, 5) is 9.52. The molecule has 2 aromatic carbocycles. The van der Waals surface area contributed by atoms with Gasteiger partial charge in [-0.05, 0) is 93.4 Å². The summed E-state index contributed by atoms with van der Waals surface area (Å²) in [5.74, 6) is 1.31. The molecule has 3 aromatic rings. The number of benzene rings is 2. The highest BCUT2D eigenvalue weighted by Crippen LogP contribution is 2.31. The van der Waals surface area contributed by atoms with E-state index >= 15 is 0 Å². The lowest BCUT2D eigenvalue weighted by atomic mass is 9.96. The van der Waals surface area contributed by atoms with Gasteiger partial charge in [-0.1, -0.05) is 17.7 Å². The van der Waals surface area contributed by atoms with Gasteiger partial charge in [0.05, 0.1) is 5.52 Å². The molecule has 0 bridgehead atoms. The summed E-state index contributed by atoms with van der Waals surface area (Å²) >= 11 is 6.41. The van der Waals surface area contributed by atoms with E-state index in [-0.39, 0.29) is 0 Å². The normalized spacial score (nSPS) is 16.2. The number of hydrogen-bond acceptors (Lipinski definition) is 7. The Morgan fingerprint density at radius 1 is 1.08 bits per heavy atom. The van der Waals surface area contributed by atoms with Gasteiger partial charge in [0.25, 0.3) is 0 Å². The number of nitrogens with one attached hydrogen (secondary N) is 1. The third-order valence-corrected chi connectivity index (χ3v) is 6.78. The van der Waals surface area contributed by atoms with Gasteiger partial charge in [-0.25, -0.2) is 4.98 Å². The average Bonchev–Trinajstić information content (AvgIpc) is 2.86. The van der Waals surface area contributed by atoms with Gasteiger partial charge >= 0.3 is 0 Å². The Morgan fingerprint density at radius 2 is 1.81 bits per heavy atom. The lowest BCUT2D eigenvalue weighted by Crippen LogP contribution is -2.45. The number of fused-ring (bicyclic) bond motifs is 1. The van der Waals surface area contributed by atoms with Crippen molar-refractivity contribution in [3.8, 4) is 5.75 Å². The van der Waals surface area contributed by atoms with Crippen LogP contribution in [-0.4, -0.2) is 71.4 Å². The van der Waals surface area contributed by atoms with E-state index in [0.717, 1.165) is 82.5 Å². The minimum atomic E-state index is 0.455. The molecule has 8 heteroatoms. The molecule has 0 amide bonds. The van der Waals surface area contributed by atoms with Gasteiger partial charge < -0.3 is 15.0 Å². The van der Waals surface area contributed by atoms with Crippen LogP contribution in [-0.2, 0) is 0 Å². The zero-order valence-corrected chi connectivity index (χ0v) is 22.6. The molecule has 1 saturated heterocycles. The first-order valence-corrected chi connectivity index (χ1v) is 12.8. The SMILES string of the molecule is C/C=C(C)\C(=C(/C)Cl)c1cc(C)c2nc(Nc3ccc(OCCN4CCN(C)CC4)cc3)nnc2c1. The largest absolute Gasteiger partial charge is 0.492 e. The van der Waals surface area contributed by atoms with E-state index in [4.69, 9.17) is 21.3 Å². The van der Waals surface area contributed by atoms with Crippen molar-refractivity contribution >= 4 is 39.8 Å². The second-order valence-corrected chi connectivity index (χ2v) is 9.89. The topological polar surface area (TPSA) is 66.4 Å². The van der Waals surface area contributed by atoms with Crippen molar-refractivity contribution in [3.63, 3.8) is 0 Å². The molecule has 1 aliphatic heterocycles. The maximum absolute atomic E-state index is 6.41. The number of likely N-dealkylation sites (N-methyl/N-ethyl adjacent to an activating group) is 1. The van der Waals surface area contributed by atoms with Gasteiger partial charge in [0.1, 0.15) is 17.9 Å². The highest BCUT2D eigenvalue weighted by Gasteiger charge is 2.14. The van der Waals surface area contributed by atoms with Gasteiger partial charge in [-0.2, -0.15) is 0 Å². The molecule has 2 heterocycles. The highest BCUT2D eigenvalue weighted by molar-refractivity contribution is 6.33. The number of halogens is 1. The van der Waals surface area contributed by atoms with E-state index in [1.165, 1.54) is 0 Å². The number of aryl methyl sites for hydroxylation is 1. The Balaban J connectivity index is 1.41. The van der Waals surface area contributed by atoms with Crippen molar-refractivity contribution in [2.75, 3.05) is 51.7 Å². The summed E-state index contributed by atoms with van der Waals surface area (Å²) in [6.07, 6.45) is 2.06. The lowest BCUT2D eigenvalue weighted by Gasteiger charge is -2.32. The summed E-state index contributed by atoms with van der Waals surface area (Å²) in [7, 11) is 2.17. The van der Waals surface area contributed by atoms with E-state index in [2.05, 4.69) is 51.4 Å². The predicted octanol–water partition coefficient (Wildman–Crippen LogP) is 5.64. The molecular weight excluding hydrogens is 472 g/mol. The molecular formula is C28H35ClN6O. The molecule has 0 spiro atoms. The quantitative estimate of drug-likeness (QED) is 0.396. The fraction of sp³-hybridized carbons (Fsp3) is 0.393. The predicted molar refractivity (Wildman–Crippen MR) is 149 cm³/mol. The van der Waals surface area contributed by atoms with Crippen molar-refractivity contribution < 1.29 is 4.74 Å². The molecule has 7 nitrogen and oxygen atoms in total. The molecule has 0 saturated carbocycles. The molecule has 0 aliphatic carbocycles. The number of anilines is 2. The fourth-order valence-electron chi connectivity index (χ4n) is 4.38. The van der Waals surface area contributed by atoms with Crippen molar-refractivity contribution in [3.05, 3.63) is 64.2 Å². The molecule has 1 aromatic heterocycles. The van der Waals surface area contributed by atoms with Gasteiger partial charge in [0.15, 0.2) is 0 Å². The van der Waals surface area contributed by atoms with Crippen molar-refractivity contribution in [1.29, 1.82) is 0 Å². The molecule has 0 unspecified atom stereocenters. The van der Waals surface area contributed by atoms with Crippen LogP contribution in [0.5, 0.6) is 5.75 Å². The van der Waals surface area contributed by atoms with E-state index < -0.39 is 0 Å². The van der Waals surface area contributed by atoms with Crippen LogP contribution < -0.4 is 10.1 Å². The molecule has 1 fully saturated rings. The number of ether oxygens (including phenoxy) is 1. The fourth-order valence-corrected chi connectivity index (χ4v) is 4.64. The van der Waals surface area contributed by atoms with E-state index in [1.54, 1.807) is 0 Å². The zero-order valence-electron chi connectivity index (χ0n) is 21.8. The number of rotatable bonds is 8. The first kappa shape index (κ1) is 26.1. The zero-order chi connectivity index (χ0) is 25.7. The van der Waals surface area contributed by atoms with Crippen LogP contribution in [0.15, 0.2) is 53.1 Å². The minimum absolute atomic E-state index is 0.455. The van der Waals surface area contributed by atoms with Crippen LogP contribution in [0.3, 0.4) is 0 Å². The minimum Gasteiger partial charge on any atom is -0.492 e. The Labute approximate surface area is 218 Å². The number of piperazine rings is 1. The first-order chi connectivity index (χ1) is 17.3. The molecule has 0 atom stereocenters. The molecule has 36 heavy (non-hydrogen) atoms. The number of nitrogens with zero attached hydrogens (tertiary/aromatic N) is 5. The van der Waals surface area contributed by atoms with Gasteiger partial charge in [-0.3, -0.25) is 4.90 Å². The van der Waals surface area contributed by atoms with Crippen molar-refractivity contribution in [2.45, 2.75) is 27.7 Å². The van der Waals surface area contributed by atoms with Gasteiger partial charge in [-0.15, -0.1) is 10.2 Å². The van der Waals surface area contributed by atoms with Crippen LogP contribution >= 0.6 is 11.6 Å². The van der Waals surface area contributed by atoms with Crippen molar-refractivity contribution in [1.82, 2.24) is 25.0 Å². The van der Waals surface area contributed by atoms with Crippen LogP contribution in [0.2, 0.25) is 0 Å². The maximum atomic E-state index is 6.41.